The molecule has 0 aliphatic heterocycles. The summed E-state index contributed by atoms with van der Waals surface area (Å²) >= 11 is 0. The molecule has 3 amide bonds. The number of imide groups is 1. The fourth-order valence-electron chi connectivity index (χ4n) is 3.35. The molecule has 0 saturated heterocycles. The maximum Gasteiger partial charge on any atom is 0.340 e. The van der Waals surface area contributed by atoms with Crippen LogP contribution in [0.4, 0.5) is 4.79 Å². The Morgan fingerprint density at radius 1 is 1.19 bits per heavy atom. The number of nitrogens with one attached hydrogen (secondary N) is 3. The van der Waals surface area contributed by atoms with Gasteiger partial charge in [0.1, 0.15) is 0 Å². The van der Waals surface area contributed by atoms with Crippen molar-refractivity contribution >= 4 is 28.8 Å². The van der Waals surface area contributed by atoms with Crippen molar-refractivity contribution < 1.29 is 19.1 Å². The fraction of sp³-hybridized carbons (Fsp3) is 0.421. The van der Waals surface area contributed by atoms with Crippen LogP contribution in [0.15, 0.2) is 30.5 Å². The molecule has 1 aromatic carbocycles. The standard InChI is InChI=1S/C19H23N3O4/c1-12-6-2-4-8-15(12)21-19(25)22-17(23)11-26-18(24)14-10-20-16-9-5-3-7-13(14)16/h3,5,7,9-10,12,15,20H,2,4,6,8,11H2,1H3,(H2,21,22,23,25)/t12-,15-/m0/s1. The van der Waals surface area contributed by atoms with Crippen LogP contribution in [0.1, 0.15) is 43.0 Å². The summed E-state index contributed by atoms with van der Waals surface area (Å²) in [7, 11) is 0. The van der Waals surface area contributed by atoms with Crippen LogP contribution in [0.25, 0.3) is 10.9 Å². The van der Waals surface area contributed by atoms with Crippen molar-refractivity contribution in [1.29, 1.82) is 0 Å². The molecule has 1 aliphatic carbocycles. The van der Waals surface area contributed by atoms with Crippen LogP contribution in [0.2, 0.25) is 0 Å². The number of aromatic amines is 1. The fourth-order valence-corrected chi connectivity index (χ4v) is 3.35. The lowest BCUT2D eigenvalue weighted by molar-refractivity contribution is -0.123. The maximum absolute atomic E-state index is 12.1. The number of carbonyl (C=O) groups is 3. The van der Waals surface area contributed by atoms with E-state index in [-0.39, 0.29) is 6.04 Å². The predicted molar refractivity (Wildman–Crippen MR) is 96.7 cm³/mol. The van der Waals surface area contributed by atoms with E-state index in [2.05, 4.69) is 22.5 Å². The third-order valence-corrected chi connectivity index (χ3v) is 4.82. The molecule has 0 unspecified atom stereocenters. The molecule has 138 valence electrons. The number of fused-ring (bicyclic) bond motifs is 1. The summed E-state index contributed by atoms with van der Waals surface area (Å²) < 4.78 is 5.02. The first-order valence-electron chi connectivity index (χ1n) is 8.88. The van der Waals surface area contributed by atoms with Gasteiger partial charge in [0, 0.05) is 23.1 Å². The van der Waals surface area contributed by atoms with Gasteiger partial charge in [0.15, 0.2) is 6.61 Å². The van der Waals surface area contributed by atoms with Crippen LogP contribution in [-0.4, -0.2) is 35.5 Å². The molecule has 3 rings (SSSR count). The van der Waals surface area contributed by atoms with Crippen molar-refractivity contribution in [3.8, 4) is 0 Å². The third kappa shape index (κ3) is 4.22. The summed E-state index contributed by atoms with van der Waals surface area (Å²) in [6, 6.07) is 6.84. The van der Waals surface area contributed by atoms with Crippen LogP contribution in [0, 0.1) is 5.92 Å². The lowest BCUT2D eigenvalue weighted by atomic mass is 9.86. The largest absolute Gasteiger partial charge is 0.452 e. The van der Waals surface area contributed by atoms with Crippen LogP contribution in [0.3, 0.4) is 0 Å². The van der Waals surface area contributed by atoms with E-state index in [0.29, 0.717) is 11.5 Å². The molecule has 3 N–H and O–H groups in total. The van der Waals surface area contributed by atoms with Crippen molar-refractivity contribution in [2.45, 2.75) is 38.6 Å². The number of carbonyl (C=O) groups excluding carboxylic acids is 3. The van der Waals surface area contributed by atoms with Gasteiger partial charge in [-0.05, 0) is 24.8 Å². The molecule has 0 spiro atoms. The SMILES string of the molecule is C[C@H]1CCCC[C@@H]1NC(=O)NC(=O)COC(=O)c1c[nH]c2ccccc12. The molecule has 2 aromatic rings. The summed E-state index contributed by atoms with van der Waals surface area (Å²) in [4.78, 5) is 38.9. The zero-order valence-corrected chi connectivity index (χ0v) is 14.7. The van der Waals surface area contributed by atoms with Gasteiger partial charge in [0.05, 0.1) is 5.56 Å². The number of H-pyrrole nitrogens is 1. The van der Waals surface area contributed by atoms with Gasteiger partial charge in [-0.3, -0.25) is 10.1 Å². The first-order chi connectivity index (χ1) is 12.5. The summed E-state index contributed by atoms with van der Waals surface area (Å²) in [5.74, 6) is -0.873. The zero-order valence-electron chi connectivity index (χ0n) is 14.7. The second kappa shape index (κ2) is 8.03. The number of amides is 3. The normalized spacial score (nSPS) is 19.7. The number of hydrogen-bond donors (Lipinski definition) is 3. The number of para-hydroxylation sites is 1. The van der Waals surface area contributed by atoms with Crippen molar-refractivity contribution in [3.63, 3.8) is 0 Å². The summed E-state index contributed by atoms with van der Waals surface area (Å²) in [5, 5.41) is 5.76. The first kappa shape index (κ1) is 18.0. The monoisotopic (exact) mass is 357 g/mol. The van der Waals surface area contributed by atoms with Crippen LogP contribution in [-0.2, 0) is 9.53 Å². The number of hydrogen-bond acceptors (Lipinski definition) is 4. The molecule has 1 heterocycles. The predicted octanol–water partition coefficient (Wildman–Crippen LogP) is 2.73. The summed E-state index contributed by atoms with van der Waals surface area (Å²) in [5.41, 5.74) is 1.17. The Kier molecular flexibility index (Phi) is 5.55. The average Bonchev–Trinajstić information content (AvgIpc) is 3.06. The number of esters is 1. The van der Waals surface area contributed by atoms with Crippen LogP contribution < -0.4 is 10.6 Å². The molecule has 2 atom stereocenters. The van der Waals surface area contributed by atoms with Crippen molar-refractivity contribution in [2.24, 2.45) is 5.92 Å². The average molecular weight is 357 g/mol. The number of benzene rings is 1. The lowest BCUT2D eigenvalue weighted by Crippen LogP contribution is -2.48. The number of rotatable bonds is 4. The van der Waals surface area contributed by atoms with Crippen molar-refractivity contribution in [3.05, 3.63) is 36.0 Å². The van der Waals surface area contributed by atoms with E-state index in [1.54, 1.807) is 12.3 Å². The Balaban J connectivity index is 1.47. The molecule has 1 aromatic heterocycles. The van der Waals surface area contributed by atoms with Gasteiger partial charge in [-0.2, -0.15) is 0 Å². The topological polar surface area (TPSA) is 100 Å². The van der Waals surface area contributed by atoms with E-state index in [0.717, 1.165) is 30.2 Å². The Bertz CT molecular complexity index is 814. The molecule has 1 aliphatic rings. The zero-order chi connectivity index (χ0) is 18.5. The van der Waals surface area contributed by atoms with Gasteiger partial charge < -0.3 is 15.0 Å². The summed E-state index contributed by atoms with van der Waals surface area (Å²) in [6.07, 6.45) is 5.77. The van der Waals surface area contributed by atoms with Crippen LogP contribution in [0.5, 0.6) is 0 Å². The van der Waals surface area contributed by atoms with Crippen molar-refractivity contribution in [2.75, 3.05) is 6.61 Å². The van der Waals surface area contributed by atoms with E-state index in [1.165, 1.54) is 6.42 Å². The molecule has 7 nitrogen and oxygen atoms in total. The first-order valence-corrected chi connectivity index (χ1v) is 8.88. The second-order valence-electron chi connectivity index (χ2n) is 6.71. The lowest BCUT2D eigenvalue weighted by Gasteiger charge is -2.29. The quantitative estimate of drug-likeness (QED) is 0.733. The highest BCUT2D eigenvalue weighted by atomic mass is 16.5. The van der Waals surface area contributed by atoms with E-state index < -0.39 is 24.5 Å². The maximum atomic E-state index is 12.1. The van der Waals surface area contributed by atoms with Crippen LogP contribution >= 0.6 is 0 Å². The number of aromatic nitrogens is 1. The highest BCUT2D eigenvalue weighted by molar-refractivity contribution is 6.05. The smallest absolute Gasteiger partial charge is 0.340 e. The molecule has 1 fully saturated rings. The molecular weight excluding hydrogens is 334 g/mol. The van der Waals surface area contributed by atoms with Crippen molar-refractivity contribution in [1.82, 2.24) is 15.6 Å². The van der Waals surface area contributed by atoms with E-state index in [4.69, 9.17) is 4.74 Å². The minimum Gasteiger partial charge on any atom is -0.452 e. The molecule has 7 heteroatoms. The van der Waals surface area contributed by atoms with Gasteiger partial charge in [0.2, 0.25) is 0 Å². The molecule has 26 heavy (non-hydrogen) atoms. The molecular formula is C19H23N3O4. The molecule has 0 bridgehead atoms. The van der Waals surface area contributed by atoms with Gasteiger partial charge in [-0.25, -0.2) is 9.59 Å². The van der Waals surface area contributed by atoms with Gasteiger partial charge in [-0.1, -0.05) is 38.0 Å². The van der Waals surface area contributed by atoms with E-state index >= 15 is 0 Å². The molecule has 1 saturated carbocycles. The second-order valence-corrected chi connectivity index (χ2v) is 6.71. The Morgan fingerprint density at radius 2 is 1.96 bits per heavy atom. The van der Waals surface area contributed by atoms with Gasteiger partial charge in [-0.15, -0.1) is 0 Å². The number of ether oxygens (including phenoxy) is 1. The highest BCUT2D eigenvalue weighted by Gasteiger charge is 2.23. The minimum atomic E-state index is -0.654. The Morgan fingerprint density at radius 3 is 2.77 bits per heavy atom. The van der Waals surface area contributed by atoms with E-state index in [9.17, 15) is 14.4 Å². The van der Waals surface area contributed by atoms with E-state index in [1.807, 2.05) is 18.2 Å². The summed E-state index contributed by atoms with van der Waals surface area (Å²) in [6.45, 7) is 1.58. The van der Waals surface area contributed by atoms with Gasteiger partial charge in [0.25, 0.3) is 5.91 Å². The van der Waals surface area contributed by atoms with Gasteiger partial charge >= 0.3 is 12.0 Å². The Labute approximate surface area is 151 Å². The minimum absolute atomic E-state index is 0.0744. The third-order valence-electron chi connectivity index (χ3n) is 4.82. The molecule has 0 radical (unpaired) electrons. The number of urea groups is 1. The highest BCUT2D eigenvalue weighted by Crippen LogP contribution is 2.23. The Hall–Kier alpha value is -2.83.